The molecule has 3 aliphatic heterocycles. The molecule has 0 unspecified atom stereocenters. The molecule has 0 radical (unpaired) electrons. The van der Waals surface area contributed by atoms with Crippen LogP contribution in [-0.4, -0.2) is 65.9 Å². The van der Waals surface area contributed by atoms with Crippen LogP contribution < -0.4 is 0 Å². The first-order valence-electron chi connectivity index (χ1n) is 9.74. The average molecular weight is 349 g/mol. The van der Waals surface area contributed by atoms with E-state index < -0.39 is 0 Å². The maximum absolute atomic E-state index is 6.24. The van der Waals surface area contributed by atoms with Gasteiger partial charge in [-0.25, -0.2) is 0 Å². The molecule has 3 fully saturated rings. The van der Waals surface area contributed by atoms with Crippen LogP contribution in [0.2, 0.25) is 0 Å². The van der Waals surface area contributed by atoms with E-state index in [1.807, 2.05) is 17.9 Å². The van der Waals surface area contributed by atoms with Crippen LogP contribution in [0, 0.1) is 5.92 Å². The summed E-state index contributed by atoms with van der Waals surface area (Å²) in [6.45, 7) is 6.63. The normalized spacial score (nSPS) is 28.0. The molecular weight excluding hydrogens is 318 g/mol. The summed E-state index contributed by atoms with van der Waals surface area (Å²) in [6, 6.07) is 0. The second kappa shape index (κ2) is 7.74. The van der Waals surface area contributed by atoms with E-state index >= 15 is 0 Å². The molecular formula is C19H31N3O3. The van der Waals surface area contributed by atoms with Gasteiger partial charge in [-0.15, -0.1) is 0 Å². The third-order valence-corrected chi connectivity index (χ3v) is 6.02. The Morgan fingerprint density at radius 2 is 2.08 bits per heavy atom. The molecule has 1 aromatic rings. The van der Waals surface area contributed by atoms with Gasteiger partial charge in [0, 0.05) is 58.1 Å². The predicted molar refractivity (Wildman–Crippen MR) is 94.3 cm³/mol. The monoisotopic (exact) mass is 349 g/mol. The van der Waals surface area contributed by atoms with Gasteiger partial charge < -0.3 is 14.2 Å². The third-order valence-electron chi connectivity index (χ3n) is 6.02. The van der Waals surface area contributed by atoms with Crippen molar-refractivity contribution in [1.82, 2.24) is 14.7 Å². The summed E-state index contributed by atoms with van der Waals surface area (Å²) in [5, 5.41) is 4.26. The lowest BCUT2D eigenvalue weighted by atomic mass is 9.88. The highest BCUT2D eigenvalue weighted by atomic mass is 16.6. The van der Waals surface area contributed by atoms with Crippen LogP contribution in [0.4, 0.5) is 0 Å². The van der Waals surface area contributed by atoms with E-state index in [-0.39, 0.29) is 11.7 Å². The van der Waals surface area contributed by atoms with E-state index in [2.05, 4.69) is 16.2 Å². The van der Waals surface area contributed by atoms with Crippen LogP contribution in [-0.2, 0) is 27.8 Å². The lowest BCUT2D eigenvalue weighted by Crippen LogP contribution is -2.43. The first-order chi connectivity index (χ1) is 12.2. The van der Waals surface area contributed by atoms with Gasteiger partial charge in [0.05, 0.1) is 31.1 Å². The fourth-order valence-electron chi connectivity index (χ4n) is 4.37. The van der Waals surface area contributed by atoms with Crippen LogP contribution in [0.1, 0.15) is 37.7 Å². The standard InChI is InChI=1S/C19H31N3O3/c1-21-12-17(11-20-21)13-22-6-4-19(5-7-22)10-18(15-25-19)24-14-16-2-8-23-9-3-16/h11-12,16,18H,2-10,13-15H2,1H3/t18-/m1/s1. The molecule has 3 aliphatic rings. The summed E-state index contributed by atoms with van der Waals surface area (Å²) in [6.07, 6.45) is 9.94. The van der Waals surface area contributed by atoms with Gasteiger partial charge in [-0.05, 0) is 31.6 Å². The van der Waals surface area contributed by atoms with Gasteiger partial charge in [0.1, 0.15) is 0 Å². The molecule has 1 spiro atoms. The zero-order valence-electron chi connectivity index (χ0n) is 15.4. The van der Waals surface area contributed by atoms with Crippen molar-refractivity contribution < 1.29 is 14.2 Å². The zero-order valence-corrected chi connectivity index (χ0v) is 15.4. The molecule has 140 valence electrons. The highest BCUT2D eigenvalue weighted by Gasteiger charge is 2.43. The van der Waals surface area contributed by atoms with Gasteiger partial charge >= 0.3 is 0 Å². The van der Waals surface area contributed by atoms with Crippen LogP contribution in [0.15, 0.2) is 12.4 Å². The Hall–Kier alpha value is -0.950. The summed E-state index contributed by atoms with van der Waals surface area (Å²) in [7, 11) is 1.97. The number of rotatable bonds is 5. The lowest BCUT2D eigenvalue weighted by molar-refractivity contribution is -0.0479. The van der Waals surface area contributed by atoms with Crippen molar-refractivity contribution in [3.63, 3.8) is 0 Å². The molecule has 25 heavy (non-hydrogen) atoms. The summed E-state index contributed by atoms with van der Waals surface area (Å²) in [4.78, 5) is 2.52. The molecule has 4 rings (SSSR count). The van der Waals surface area contributed by atoms with Crippen molar-refractivity contribution in [2.45, 2.75) is 50.4 Å². The number of aromatic nitrogens is 2. The SMILES string of the molecule is Cn1cc(CN2CCC3(CC2)C[C@@H](OCC2CCOCC2)CO3)cn1. The first kappa shape index (κ1) is 17.5. The number of piperidine rings is 1. The van der Waals surface area contributed by atoms with Crippen LogP contribution >= 0.6 is 0 Å². The molecule has 1 aromatic heterocycles. The summed E-state index contributed by atoms with van der Waals surface area (Å²) < 4.78 is 19.7. The number of likely N-dealkylation sites (tertiary alicyclic amines) is 1. The number of hydrogen-bond acceptors (Lipinski definition) is 5. The van der Waals surface area contributed by atoms with Gasteiger partial charge in [-0.2, -0.15) is 5.10 Å². The van der Waals surface area contributed by atoms with Crippen molar-refractivity contribution in [2.24, 2.45) is 13.0 Å². The van der Waals surface area contributed by atoms with Gasteiger partial charge in [0.15, 0.2) is 0 Å². The Morgan fingerprint density at radius 3 is 2.80 bits per heavy atom. The minimum Gasteiger partial charge on any atom is -0.381 e. The summed E-state index contributed by atoms with van der Waals surface area (Å²) in [5.41, 5.74) is 1.36. The van der Waals surface area contributed by atoms with E-state index in [0.717, 1.165) is 78.2 Å². The molecule has 0 amide bonds. The average Bonchev–Trinajstić information content (AvgIpc) is 3.23. The summed E-state index contributed by atoms with van der Waals surface area (Å²) >= 11 is 0. The van der Waals surface area contributed by atoms with Crippen LogP contribution in [0.25, 0.3) is 0 Å². The van der Waals surface area contributed by atoms with Crippen molar-refractivity contribution >= 4 is 0 Å². The largest absolute Gasteiger partial charge is 0.381 e. The third kappa shape index (κ3) is 4.42. The fourth-order valence-corrected chi connectivity index (χ4v) is 4.37. The minimum atomic E-state index is 0.0613. The van der Waals surface area contributed by atoms with Crippen molar-refractivity contribution in [3.05, 3.63) is 18.0 Å². The Morgan fingerprint density at radius 1 is 1.28 bits per heavy atom. The van der Waals surface area contributed by atoms with Crippen LogP contribution in [0.3, 0.4) is 0 Å². The Kier molecular flexibility index (Phi) is 5.41. The van der Waals surface area contributed by atoms with Gasteiger partial charge in [-0.1, -0.05) is 0 Å². The molecule has 0 N–H and O–H groups in total. The molecule has 0 aromatic carbocycles. The Labute approximate surface area is 150 Å². The van der Waals surface area contributed by atoms with E-state index in [0.29, 0.717) is 5.92 Å². The van der Waals surface area contributed by atoms with Gasteiger partial charge in [-0.3, -0.25) is 9.58 Å². The highest BCUT2D eigenvalue weighted by Crippen LogP contribution is 2.37. The molecule has 0 saturated carbocycles. The van der Waals surface area contributed by atoms with E-state index in [9.17, 15) is 0 Å². The Bertz CT molecular complexity index is 548. The molecule has 3 saturated heterocycles. The van der Waals surface area contributed by atoms with E-state index in [4.69, 9.17) is 14.2 Å². The topological polar surface area (TPSA) is 48.8 Å². The number of aryl methyl sites for hydroxylation is 1. The molecule has 1 atom stereocenters. The Balaban J connectivity index is 1.20. The summed E-state index contributed by atoms with van der Waals surface area (Å²) in [5.74, 6) is 0.673. The molecule has 6 nitrogen and oxygen atoms in total. The maximum Gasteiger partial charge on any atom is 0.0836 e. The predicted octanol–water partition coefficient (Wildman–Crippen LogP) is 1.99. The zero-order chi connectivity index (χ0) is 17.1. The van der Waals surface area contributed by atoms with Crippen LogP contribution in [0.5, 0.6) is 0 Å². The molecule has 6 heteroatoms. The molecule has 0 bridgehead atoms. The highest BCUT2D eigenvalue weighted by molar-refractivity contribution is 5.04. The fraction of sp³-hybridized carbons (Fsp3) is 0.842. The molecule has 4 heterocycles. The van der Waals surface area contributed by atoms with E-state index in [1.165, 1.54) is 5.56 Å². The quantitative estimate of drug-likeness (QED) is 0.814. The smallest absolute Gasteiger partial charge is 0.0836 e. The van der Waals surface area contributed by atoms with Gasteiger partial charge in [0.2, 0.25) is 0 Å². The van der Waals surface area contributed by atoms with Crippen molar-refractivity contribution in [3.8, 4) is 0 Å². The van der Waals surface area contributed by atoms with Gasteiger partial charge in [0.25, 0.3) is 0 Å². The number of hydrogen-bond donors (Lipinski definition) is 0. The first-order valence-corrected chi connectivity index (χ1v) is 9.74. The van der Waals surface area contributed by atoms with E-state index in [1.54, 1.807) is 0 Å². The maximum atomic E-state index is 6.24. The number of nitrogens with zero attached hydrogens (tertiary/aromatic N) is 3. The molecule has 0 aliphatic carbocycles. The van der Waals surface area contributed by atoms with Crippen molar-refractivity contribution in [2.75, 3.05) is 39.5 Å². The minimum absolute atomic E-state index is 0.0613. The van der Waals surface area contributed by atoms with Crippen molar-refractivity contribution in [1.29, 1.82) is 0 Å². The second-order valence-electron chi connectivity index (χ2n) is 8.01. The lowest BCUT2D eigenvalue weighted by Gasteiger charge is -2.38. The number of ether oxygens (including phenoxy) is 3. The second-order valence-corrected chi connectivity index (χ2v) is 8.01.